The molecule has 1 aliphatic heterocycles. The van der Waals surface area contributed by atoms with Gasteiger partial charge in [0.25, 0.3) is 0 Å². The lowest BCUT2D eigenvalue weighted by molar-refractivity contribution is -0.142. The van der Waals surface area contributed by atoms with Crippen LogP contribution in [-0.2, 0) is 9.59 Å². The lowest BCUT2D eigenvalue weighted by Crippen LogP contribution is -2.40. The molecule has 1 fully saturated rings. The largest absolute Gasteiger partial charge is 0.480 e. The quantitative estimate of drug-likeness (QED) is 0.579. The summed E-state index contributed by atoms with van der Waals surface area (Å²) in [6.07, 6.45) is 1.49. The Bertz CT molecular complexity index is 305. The number of urea groups is 1. The number of nitrogens with one attached hydrogen (secondary N) is 1. The van der Waals surface area contributed by atoms with E-state index in [2.05, 4.69) is 0 Å². The first-order chi connectivity index (χ1) is 7.50. The van der Waals surface area contributed by atoms with E-state index in [9.17, 15) is 14.4 Å². The van der Waals surface area contributed by atoms with Gasteiger partial charge in [0.15, 0.2) is 0 Å². The SMILES string of the molecule is NC(=O)NC(=O)CCN1CCCC1C(=O)O. The number of carbonyl (C=O) groups excluding carboxylic acids is 2. The van der Waals surface area contributed by atoms with Gasteiger partial charge >= 0.3 is 12.0 Å². The molecule has 1 atom stereocenters. The van der Waals surface area contributed by atoms with Crippen LogP contribution in [0.2, 0.25) is 0 Å². The van der Waals surface area contributed by atoms with Gasteiger partial charge in [-0.3, -0.25) is 19.8 Å². The monoisotopic (exact) mass is 229 g/mol. The van der Waals surface area contributed by atoms with E-state index in [4.69, 9.17) is 10.8 Å². The standard InChI is InChI=1S/C9H15N3O4/c10-9(16)11-7(13)3-5-12-4-1-2-6(12)8(14)15/h6H,1-5H2,(H,14,15)(H3,10,11,13,16). The molecule has 1 saturated heterocycles. The zero-order valence-corrected chi connectivity index (χ0v) is 8.81. The van der Waals surface area contributed by atoms with E-state index in [1.165, 1.54) is 0 Å². The van der Waals surface area contributed by atoms with Gasteiger partial charge in [0.1, 0.15) is 6.04 Å². The topological polar surface area (TPSA) is 113 Å². The third-order valence-electron chi connectivity index (χ3n) is 2.54. The predicted octanol–water partition coefficient (Wildman–Crippen LogP) is -0.880. The zero-order chi connectivity index (χ0) is 12.1. The van der Waals surface area contributed by atoms with Crippen LogP contribution in [0.25, 0.3) is 0 Å². The van der Waals surface area contributed by atoms with Crippen molar-refractivity contribution in [2.75, 3.05) is 13.1 Å². The first-order valence-electron chi connectivity index (χ1n) is 5.07. The highest BCUT2D eigenvalue weighted by atomic mass is 16.4. The van der Waals surface area contributed by atoms with Gasteiger partial charge < -0.3 is 10.8 Å². The Balaban J connectivity index is 2.34. The molecule has 0 aliphatic carbocycles. The van der Waals surface area contributed by atoms with E-state index in [-0.39, 0.29) is 6.42 Å². The van der Waals surface area contributed by atoms with Crippen molar-refractivity contribution in [1.82, 2.24) is 10.2 Å². The zero-order valence-electron chi connectivity index (χ0n) is 8.81. The normalized spacial score (nSPS) is 20.6. The smallest absolute Gasteiger partial charge is 0.320 e. The minimum Gasteiger partial charge on any atom is -0.480 e. The molecule has 0 aromatic rings. The number of aliphatic carboxylic acids is 1. The molecule has 1 rings (SSSR count). The van der Waals surface area contributed by atoms with Crippen molar-refractivity contribution in [1.29, 1.82) is 0 Å². The average Bonchev–Trinajstić information content (AvgIpc) is 2.61. The molecular formula is C9H15N3O4. The van der Waals surface area contributed by atoms with Crippen molar-refractivity contribution in [2.24, 2.45) is 5.73 Å². The molecule has 0 aromatic carbocycles. The Morgan fingerprint density at radius 3 is 2.69 bits per heavy atom. The average molecular weight is 229 g/mol. The second kappa shape index (κ2) is 5.45. The molecule has 1 unspecified atom stereocenters. The lowest BCUT2D eigenvalue weighted by Gasteiger charge is -2.20. The van der Waals surface area contributed by atoms with E-state index in [1.807, 2.05) is 5.32 Å². The lowest BCUT2D eigenvalue weighted by atomic mass is 10.2. The second-order valence-corrected chi connectivity index (χ2v) is 3.69. The summed E-state index contributed by atoms with van der Waals surface area (Å²) in [7, 11) is 0. The molecule has 0 aromatic heterocycles. The minimum atomic E-state index is -0.888. The van der Waals surface area contributed by atoms with Gasteiger partial charge in [-0.15, -0.1) is 0 Å². The number of hydrogen-bond donors (Lipinski definition) is 3. The molecule has 0 saturated carbocycles. The molecule has 1 aliphatic rings. The molecule has 0 spiro atoms. The Labute approximate surface area is 92.6 Å². The fourth-order valence-electron chi connectivity index (χ4n) is 1.82. The molecule has 0 bridgehead atoms. The molecule has 1 heterocycles. The van der Waals surface area contributed by atoms with Crippen molar-refractivity contribution >= 4 is 17.9 Å². The summed E-state index contributed by atoms with van der Waals surface area (Å²) < 4.78 is 0. The number of primary amides is 1. The van der Waals surface area contributed by atoms with Crippen molar-refractivity contribution in [3.05, 3.63) is 0 Å². The van der Waals surface area contributed by atoms with Crippen LogP contribution in [0.1, 0.15) is 19.3 Å². The highest BCUT2D eigenvalue weighted by molar-refractivity contribution is 5.93. The number of nitrogens with zero attached hydrogens (tertiary/aromatic N) is 1. The van der Waals surface area contributed by atoms with Crippen LogP contribution >= 0.6 is 0 Å². The Hall–Kier alpha value is -1.63. The van der Waals surface area contributed by atoms with E-state index < -0.39 is 23.9 Å². The summed E-state index contributed by atoms with van der Waals surface area (Å²) in [6, 6.07) is -1.40. The van der Waals surface area contributed by atoms with Crippen LogP contribution < -0.4 is 11.1 Å². The van der Waals surface area contributed by atoms with E-state index in [0.29, 0.717) is 19.5 Å². The summed E-state index contributed by atoms with van der Waals surface area (Å²) in [4.78, 5) is 34.0. The second-order valence-electron chi connectivity index (χ2n) is 3.69. The van der Waals surface area contributed by atoms with Gasteiger partial charge in [-0.1, -0.05) is 0 Å². The number of imide groups is 1. The maximum Gasteiger partial charge on any atom is 0.320 e. The van der Waals surface area contributed by atoms with Crippen LogP contribution in [-0.4, -0.2) is 47.0 Å². The van der Waals surface area contributed by atoms with Gasteiger partial charge in [0, 0.05) is 13.0 Å². The molecule has 90 valence electrons. The summed E-state index contributed by atoms with van der Waals surface area (Å²) in [6.45, 7) is 0.997. The maximum atomic E-state index is 11.1. The van der Waals surface area contributed by atoms with Gasteiger partial charge in [-0.05, 0) is 19.4 Å². The van der Waals surface area contributed by atoms with Gasteiger partial charge in [-0.25, -0.2) is 4.79 Å². The highest BCUT2D eigenvalue weighted by Gasteiger charge is 2.30. The molecule has 4 N–H and O–H groups in total. The molecule has 0 radical (unpaired) electrons. The van der Waals surface area contributed by atoms with Crippen LogP contribution in [0, 0.1) is 0 Å². The number of carboxylic acids is 1. The van der Waals surface area contributed by atoms with Crippen LogP contribution in [0.15, 0.2) is 0 Å². The summed E-state index contributed by atoms with van der Waals surface area (Å²) in [5.74, 6) is -1.35. The van der Waals surface area contributed by atoms with Crippen LogP contribution in [0.3, 0.4) is 0 Å². The van der Waals surface area contributed by atoms with Gasteiger partial charge in [0.05, 0.1) is 0 Å². The molecule has 16 heavy (non-hydrogen) atoms. The summed E-state index contributed by atoms with van der Waals surface area (Å²) in [5, 5.41) is 10.8. The molecular weight excluding hydrogens is 214 g/mol. The number of carboxylic acid groups (broad SMARTS) is 1. The van der Waals surface area contributed by atoms with Crippen molar-refractivity contribution in [3.8, 4) is 0 Å². The Kier molecular flexibility index (Phi) is 4.24. The number of likely N-dealkylation sites (tertiary alicyclic amines) is 1. The van der Waals surface area contributed by atoms with Crippen LogP contribution in [0.4, 0.5) is 4.79 Å². The minimum absolute atomic E-state index is 0.0761. The van der Waals surface area contributed by atoms with Crippen molar-refractivity contribution in [3.63, 3.8) is 0 Å². The van der Waals surface area contributed by atoms with E-state index >= 15 is 0 Å². The first-order valence-corrected chi connectivity index (χ1v) is 5.07. The van der Waals surface area contributed by atoms with Gasteiger partial charge in [-0.2, -0.15) is 0 Å². The van der Waals surface area contributed by atoms with Crippen molar-refractivity contribution < 1.29 is 19.5 Å². The molecule has 7 nitrogen and oxygen atoms in total. The Morgan fingerprint density at radius 2 is 2.12 bits per heavy atom. The third-order valence-corrected chi connectivity index (χ3v) is 2.54. The first kappa shape index (κ1) is 12.4. The maximum absolute atomic E-state index is 11.1. The number of hydrogen-bond acceptors (Lipinski definition) is 4. The third kappa shape index (κ3) is 3.50. The fraction of sp³-hybridized carbons (Fsp3) is 0.667. The number of nitrogens with two attached hydrogens (primary N) is 1. The van der Waals surface area contributed by atoms with Crippen LogP contribution in [0.5, 0.6) is 0 Å². The molecule has 7 heteroatoms. The predicted molar refractivity (Wildman–Crippen MR) is 54.6 cm³/mol. The highest BCUT2D eigenvalue weighted by Crippen LogP contribution is 2.17. The number of carbonyl (C=O) groups is 3. The number of amides is 3. The van der Waals surface area contributed by atoms with E-state index in [1.54, 1.807) is 4.90 Å². The molecule has 3 amide bonds. The number of rotatable bonds is 4. The van der Waals surface area contributed by atoms with E-state index in [0.717, 1.165) is 6.42 Å². The summed E-state index contributed by atoms with van der Waals surface area (Å²) >= 11 is 0. The Morgan fingerprint density at radius 1 is 1.44 bits per heavy atom. The van der Waals surface area contributed by atoms with Crippen molar-refractivity contribution in [2.45, 2.75) is 25.3 Å². The fourth-order valence-corrected chi connectivity index (χ4v) is 1.82. The summed E-state index contributed by atoms with van der Waals surface area (Å²) in [5.41, 5.74) is 4.77. The van der Waals surface area contributed by atoms with Gasteiger partial charge in [0.2, 0.25) is 5.91 Å².